The van der Waals surface area contributed by atoms with E-state index in [1.165, 1.54) is 13.6 Å². The molecule has 0 radical (unpaired) electrons. The standard InChI is InChI=1S/C11H18NO7P/c1-4-5-10(14)18-8(2)19-11(15)12-6-9(13)7-17-20(3)16/h8H,4-7H2,1-3H3/p+1. The molecule has 0 fully saturated rings. The molecule has 0 heterocycles. The third-order valence-corrected chi connectivity index (χ3v) is 2.35. The lowest BCUT2D eigenvalue weighted by molar-refractivity contribution is -0.164. The Morgan fingerprint density at radius 3 is 2.45 bits per heavy atom. The number of esters is 1. The number of amides is 1. The van der Waals surface area contributed by atoms with E-state index < -0.39 is 32.2 Å². The van der Waals surface area contributed by atoms with E-state index >= 15 is 0 Å². The molecule has 0 spiro atoms. The summed E-state index contributed by atoms with van der Waals surface area (Å²) < 4.78 is 24.7. The molecule has 0 saturated carbocycles. The first-order valence-corrected chi connectivity index (χ1v) is 7.67. The van der Waals surface area contributed by atoms with Crippen LogP contribution >= 0.6 is 8.03 Å². The maximum absolute atomic E-state index is 11.3. The Morgan fingerprint density at radius 2 is 1.90 bits per heavy atom. The van der Waals surface area contributed by atoms with Crippen LogP contribution in [0.5, 0.6) is 0 Å². The van der Waals surface area contributed by atoms with Crippen molar-refractivity contribution in [3.05, 3.63) is 0 Å². The Labute approximate surface area is 118 Å². The molecule has 1 amide bonds. The molecule has 20 heavy (non-hydrogen) atoms. The van der Waals surface area contributed by atoms with Crippen LogP contribution in [0.4, 0.5) is 4.79 Å². The molecule has 9 heteroatoms. The average molecular weight is 308 g/mol. The maximum Gasteiger partial charge on any atom is 0.505 e. The van der Waals surface area contributed by atoms with Crippen molar-refractivity contribution in [2.75, 3.05) is 19.8 Å². The number of nitrogens with one attached hydrogen (secondary N) is 1. The fourth-order valence-electron chi connectivity index (χ4n) is 1.05. The van der Waals surface area contributed by atoms with Crippen molar-refractivity contribution >= 4 is 25.9 Å². The second-order valence-electron chi connectivity index (χ2n) is 3.82. The van der Waals surface area contributed by atoms with E-state index in [1.54, 1.807) is 0 Å². The van der Waals surface area contributed by atoms with Crippen molar-refractivity contribution in [1.82, 2.24) is 5.32 Å². The van der Waals surface area contributed by atoms with Gasteiger partial charge in [-0.2, -0.15) is 0 Å². The van der Waals surface area contributed by atoms with Crippen LogP contribution in [0.1, 0.15) is 26.7 Å². The molecule has 0 aromatic rings. The highest BCUT2D eigenvalue weighted by Crippen LogP contribution is 2.13. The number of carbonyl (C=O) groups is 3. The molecule has 2 atom stereocenters. The van der Waals surface area contributed by atoms with Gasteiger partial charge in [0.05, 0.1) is 6.54 Å². The van der Waals surface area contributed by atoms with Crippen molar-refractivity contribution in [2.24, 2.45) is 0 Å². The lowest BCUT2D eigenvalue weighted by Crippen LogP contribution is -2.34. The van der Waals surface area contributed by atoms with E-state index in [9.17, 15) is 18.9 Å². The minimum Gasteiger partial charge on any atom is -0.425 e. The minimum atomic E-state index is -1.86. The van der Waals surface area contributed by atoms with Crippen LogP contribution in [0, 0.1) is 0 Å². The topological polar surface area (TPSA) is 108 Å². The van der Waals surface area contributed by atoms with Gasteiger partial charge in [0.15, 0.2) is 19.1 Å². The Bertz CT molecular complexity index is 372. The summed E-state index contributed by atoms with van der Waals surface area (Å²) in [5, 5.41) is 2.17. The number of rotatable bonds is 9. The molecule has 1 N–H and O–H groups in total. The summed E-state index contributed by atoms with van der Waals surface area (Å²) in [5.74, 6) is -0.924. The van der Waals surface area contributed by atoms with Crippen molar-refractivity contribution in [3.8, 4) is 0 Å². The molecule has 0 saturated heterocycles. The molecule has 8 nitrogen and oxygen atoms in total. The molecule has 0 aliphatic heterocycles. The van der Waals surface area contributed by atoms with Crippen LogP contribution in [0.25, 0.3) is 0 Å². The smallest absolute Gasteiger partial charge is 0.425 e. The third kappa shape index (κ3) is 10.4. The van der Waals surface area contributed by atoms with Gasteiger partial charge in [0.25, 0.3) is 0 Å². The largest absolute Gasteiger partial charge is 0.505 e. The molecule has 0 aromatic heterocycles. The van der Waals surface area contributed by atoms with Gasteiger partial charge in [0.1, 0.15) is 0 Å². The van der Waals surface area contributed by atoms with Gasteiger partial charge in [-0.1, -0.05) is 6.92 Å². The summed E-state index contributed by atoms with van der Waals surface area (Å²) in [6, 6.07) is 0. The van der Waals surface area contributed by atoms with E-state index in [0.717, 1.165) is 0 Å². The Hall–Kier alpha value is -1.53. The summed E-state index contributed by atoms with van der Waals surface area (Å²) >= 11 is 0. The molecule has 114 valence electrons. The van der Waals surface area contributed by atoms with E-state index in [1.807, 2.05) is 6.92 Å². The number of ether oxygens (including phenoxy) is 2. The fraction of sp³-hybridized carbons (Fsp3) is 0.727. The molecule has 0 aliphatic rings. The highest BCUT2D eigenvalue weighted by molar-refractivity contribution is 7.38. The van der Waals surface area contributed by atoms with E-state index in [2.05, 4.69) is 9.84 Å². The van der Waals surface area contributed by atoms with Crippen LogP contribution in [-0.2, 0) is 28.2 Å². The highest BCUT2D eigenvalue weighted by Gasteiger charge is 2.16. The summed E-state index contributed by atoms with van der Waals surface area (Å²) in [4.78, 5) is 33.6. The van der Waals surface area contributed by atoms with Gasteiger partial charge < -0.3 is 14.8 Å². The minimum absolute atomic E-state index is 0.236. The molecule has 0 bridgehead atoms. The second kappa shape index (κ2) is 10.3. The van der Waals surface area contributed by atoms with E-state index in [4.69, 9.17) is 9.47 Å². The van der Waals surface area contributed by atoms with Gasteiger partial charge >= 0.3 is 20.1 Å². The first kappa shape index (κ1) is 18.5. The number of hydrogen-bond donors (Lipinski definition) is 1. The molecule has 0 rings (SSSR count). The average Bonchev–Trinajstić information content (AvgIpc) is 2.33. The van der Waals surface area contributed by atoms with E-state index in [-0.39, 0.29) is 19.6 Å². The van der Waals surface area contributed by atoms with E-state index in [0.29, 0.717) is 6.42 Å². The van der Waals surface area contributed by atoms with Crippen molar-refractivity contribution < 1.29 is 32.9 Å². The molecule has 0 aromatic carbocycles. The lowest BCUT2D eigenvalue weighted by Gasteiger charge is -2.14. The fourth-order valence-corrected chi connectivity index (χ4v) is 1.38. The monoisotopic (exact) mass is 308 g/mol. The summed E-state index contributed by atoms with van der Waals surface area (Å²) in [5.41, 5.74) is 0. The van der Waals surface area contributed by atoms with Gasteiger partial charge in [-0.05, 0) is 11.0 Å². The highest BCUT2D eigenvalue weighted by atomic mass is 31.1. The summed E-state index contributed by atoms with van der Waals surface area (Å²) in [6.07, 6.45) is -1.06. The molecular formula is C11H19NO7P+. The molecule has 2 unspecified atom stereocenters. The van der Waals surface area contributed by atoms with Gasteiger partial charge in [0, 0.05) is 13.3 Å². The van der Waals surface area contributed by atoms with Gasteiger partial charge in [-0.15, -0.1) is 4.52 Å². The Balaban J connectivity index is 3.84. The third-order valence-electron chi connectivity index (χ3n) is 1.86. The first-order chi connectivity index (χ1) is 9.35. The summed E-state index contributed by atoms with van der Waals surface area (Å²) in [7, 11) is -1.86. The van der Waals surface area contributed by atoms with Crippen LogP contribution in [0.3, 0.4) is 0 Å². The maximum atomic E-state index is 11.3. The zero-order valence-corrected chi connectivity index (χ0v) is 12.6. The quantitative estimate of drug-likeness (QED) is 0.389. The Kier molecular flexibility index (Phi) is 9.49. The number of carbonyl (C=O) groups excluding carboxylic acids is 3. The summed E-state index contributed by atoms with van der Waals surface area (Å²) in [6.45, 7) is 3.85. The normalized spacial score (nSPS) is 12.2. The molecular weight excluding hydrogens is 289 g/mol. The SMILES string of the molecule is CCCC(=O)OC(C)OC(=O)NCC(=O)CO[P+](C)=O. The number of alkyl carbamates (subject to hydrolysis) is 1. The number of hydrogen-bond acceptors (Lipinski definition) is 7. The first-order valence-electron chi connectivity index (χ1n) is 6.04. The van der Waals surface area contributed by atoms with Gasteiger partial charge in [-0.3, -0.25) is 9.59 Å². The predicted molar refractivity (Wildman–Crippen MR) is 69.4 cm³/mol. The van der Waals surface area contributed by atoms with Gasteiger partial charge in [0.2, 0.25) is 6.29 Å². The zero-order chi connectivity index (χ0) is 15.5. The number of ketones is 1. The number of Topliss-reactive ketones (excluding diaryl/α,β-unsaturated/α-hetero) is 1. The van der Waals surface area contributed by atoms with Crippen LogP contribution in [0.2, 0.25) is 0 Å². The molecule has 0 aliphatic carbocycles. The van der Waals surface area contributed by atoms with Gasteiger partial charge in [-0.25, -0.2) is 4.79 Å². The second-order valence-corrected chi connectivity index (χ2v) is 4.96. The van der Waals surface area contributed by atoms with Crippen LogP contribution in [0.15, 0.2) is 0 Å². The lowest BCUT2D eigenvalue weighted by atomic mass is 10.3. The Morgan fingerprint density at radius 1 is 1.25 bits per heavy atom. The van der Waals surface area contributed by atoms with Crippen molar-refractivity contribution in [2.45, 2.75) is 33.0 Å². The van der Waals surface area contributed by atoms with Crippen molar-refractivity contribution in [3.63, 3.8) is 0 Å². The van der Waals surface area contributed by atoms with Crippen molar-refractivity contribution in [1.29, 1.82) is 0 Å². The van der Waals surface area contributed by atoms with Crippen LogP contribution < -0.4 is 5.32 Å². The zero-order valence-electron chi connectivity index (χ0n) is 11.7. The van der Waals surface area contributed by atoms with Crippen LogP contribution in [-0.4, -0.2) is 44.0 Å². The predicted octanol–water partition coefficient (Wildman–Crippen LogP) is 1.36.